The zero-order valence-corrected chi connectivity index (χ0v) is 12.9. The Morgan fingerprint density at radius 2 is 2.08 bits per heavy atom. The van der Waals surface area contributed by atoms with Gasteiger partial charge in [0.25, 0.3) is 0 Å². The van der Waals surface area contributed by atoms with E-state index < -0.39 is 23.6 Å². The van der Waals surface area contributed by atoms with Crippen molar-refractivity contribution in [1.29, 1.82) is 0 Å². The van der Waals surface area contributed by atoms with Crippen molar-refractivity contribution in [2.75, 3.05) is 7.11 Å². The molecule has 0 spiro atoms. The Hall–Kier alpha value is -3.11. The molecule has 25 heavy (non-hydrogen) atoms. The third-order valence-corrected chi connectivity index (χ3v) is 3.16. The highest BCUT2D eigenvalue weighted by atomic mass is 19.4. The van der Waals surface area contributed by atoms with Gasteiger partial charge in [-0.1, -0.05) is 11.3 Å². The number of ether oxygens (including phenoxy) is 1. The molecule has 0 saturated heterocycles. The number of nitrogens with zero attached hydrogens (tertiary/aromatic N) is 3. The molecular formula is C14H13F3N4O4. The molecule has 0 aliphatic heterocycles. The standard InChI is InChI=1S/C14H13F3N4O4/c1-25-9-3-2-8(10(4-9)14(15,16)17)5-18-12(22)7-21-6-11(13(23)24)19-20-21/h2-4,6H,5,7H2,1H3,(H,18,22)(H,23,24). The average molecular weight is 358 g/mol. The maximum absolute atomic E-state index is 13.1. The number of nitrogens with one attached hydrogen (secondary N) is 1. The molecule has 2 rings (SSSR count). The summed E-state index contributed by atoms with van der Waals surface area (Å²) in [6.07, 6.45) is -3.56. The first-order valence-electron chi connectivity index (χ1n) is 6.85. The van der Waals surface area contributed by atoms with Crippen LogP contribution in [0.3, 0.4) is 0 Å². The van der Waals surface area contributed by atoms with Crippen molar-refractivity contribution in [3.8, 4) is 5.75 Å². The first-order chi connectivity index (χ1) is 11.7. The van der Waals surface area contributed by atoms with Gasteiger partial charge in [-0.2, -0.15) is 13.2 Å². The second-order valence-electron chi connectivity index (χ2n) is 4.90. The molecule has 2 N–H and O–H groups in total. The summed E-state index contributed by atoms with van der Waals surface area (Å²) >= 11 is 0. The minimum Gasteiger partial charge on any atom is -0.497 e. The van der Waals surface area contributed by atoms with Crippen molar-refractivity contribution in [2.45, 2.75) is 19.3 Å². The number of rotatable bonds is 6. The number of carbonyl (C=O) groups excluding carboxylic acids is 1. The van der Waals surface area contributed by atoms with Crippen LogP contribution < -0.4 is 10.1 Å². The number of amides is 1. The van der Waals surface area contributed by atoms with Gasteiger partial charge in [-0.25, -0.2) is 9.48 Å². The van der Waals surface area contributed by atoms with Crippen LogP contribution in [0, 0.1) is 0 Å². The Morgan fingerprint density at radius 3 is 2.64 bits per heavy atom. The number of methoxy groups -OCH3 is 1. The maximum atomic E-state index is 13.1. The number of carbonyl (C=O) groups is 2. The van der Waals surface area contributed by atoms with Crippen LogP contribution in [-0.2, 0) is 24.1 Å². The molecule has 2 aromatic rings. The number of halogens is 3. The predicted octanol–water partition coefficient (Wildman–Crippen LogP) is 1.32. The van der Waals surface area contributed by atoms with Crippen LogP contribution >= 0.6 is 0 Å². The fourth-order valence-corrected chi connectivity index (χ4v) is 1.97. The highest BCUT2D eigenvalue weighted by Gasteiger charge is 2.33. The van der Waals surface area contributed by atoms with Crippen molar-refractivity contribution >= 4 is 11.9 Å². The fraction of sp³-hybridized carbons (Fsp3) is 0.286. The minimum absolute atomic E-state index is 0.0474. The molecule has 1 heterocycles. The zero-order valence-electron chi connectivity index (χ0n) is 12.9. The molecule has 0 bridgehead atoms. The lowest BCUT2D eigenvalue weighted by Gasteiger charge is -2.14. The first kappa shape index (κ1) is 18.2. The minimum atomic E-state index is -4.60. The second-order valence-corrected chi connectivity index (χ2v) is 4.90. The number of aromatic carboxylic acids is 1. The number of aromatic nitrogens is 3. The van der Waals surface area contributed by atoms with Gasteiger partial charge < -0.3 is 15.2 Å². The van der Waals surface area contributed by atoms with E-state index in [-0.39, 0.29) is 30.1 Å². The van der Waals surface area contributed by atoms with E-state index in [1.807, 2.05) is 0 Å². The molecule has 8 nitrogen and oxygen atoms in total. The van der Waals surface area contributed by atoms with Crippen molar-refractivity contribution in [3.05, 3.63) is 41.2 Å². The molecule has 1 aromatic heterocycles. The Balaban J connectivity index is 2.04. The van der Waals surface area contributed by atoms with Crippen molar-refractivity contribution in [1.82, 2.24) is 20.3 Å². The molecule has 0 aliphatic carbocycles. The number of hydrogen-bond acceptors (Lipinski definition) is 5. The molecule has 0 saturated carbocycles. The molecule has 0 atom stereocenters. The molecule has 1 amide bonds. The summed E-state index contributed by atoms with van der Waals surface area (Å²) in [7, 11) is 1.25. The Labute approximate surface area is 139 Å². The highest BCUT2D eigenvalue weighted by molar-refractivity contribution is 5.84. The van der Waals surface area contributed by atoms with Gasteiger partial charge in [0.05, 0.1) is 18.9 Å². The van der Waals surface area contributed by atoms with Gasteiger partial charge in [-0.3, -0.25) is 4.79 Å². The Morgan fingerprint density at radius 1 is 1.36 bits per heavy atom. The van der Waals surface area contributed by atoms with E-state index in [9.17, 15) is 22.8 Å². The molecule has 0 aliphatic rings. The van der Waals surface area contributed by atoms with E-state index in [0.717, 1.165) is 16.9 Å². The van der Waals surface area contributed by atoms with Gasteiger partial charge in [-0.05, 0) is 17.7 Å². The smallest absolute Gasteiger partial charge is 0.416 e. The number of carboxylic acid groups (broad SMARTS) is 1. The topological polar surface area (TPSA) is 106 Å². The predicted molar refractivity (Wildman–Crippen MR) is 76.8 cm³/mol. The van der Waals surface area contributed by atoms with Crippen LogP contribution in [-0.4, -0.2) is 39.1 Å². The Bertz CT molecular complexity index is 789. The van der Waals surface area contributed by atoms with Crippen molar-refractivity contribution in [3.63, 3.8) is 0 Å². The molecule has 11 heteroatoms. The third kappa shape index (κ3) is 4.68. The third-order valence-electron chi connectivity index (χ3n) is 3.16. The normalized spacial score (nSPS) is 11.2. The number of benzene rings is 1. The molecule has 1 aromatic carbocycles. The lowest BCUT2D eigenvalue weighted by molar-refractivity contribution is -0.138. The van der Waals surface area contributed by atoms with Gasteiger partial charge in [0.1, 0.15) is 12.3 Å². The quantitative estimate of drug-likeness (QED) is 0.807. The lowest BCUT2D eigenvalue weighted by Crippen LogP contribution is -2.28. The first-order valence-corrected chi connectivity index (χ1v) is 6.85. The monoisotopic (exact) mass is 358 g/mol. The van der Waals surface area contributed by atoms with Gasteiger partial charge in [0.2, 0.25) is 5.91 Å². The summed E-state index contributed by atoms with van der Waals surface area (Å²) in [5.41, 5.74) is -1.39. The fourth-order valence-electron chi connectivity index (χ4n) is 1.97. The van der Waals surface area contributed by atoms with Crippen LogP contribution in [0.2, 0.25) is 0 Å². The van der Waals surface area contributed by atoms with Crippen molar-refractivity contribution in [2.24, 2.45) is 0 Å². The van der Waals surface area contributed by atoms with E-state index in [2.05, 4.69) is 15.6 Å². The highest BCUT2D eigenvalue weighted by Crippen LogP contribution is 2.34. The summed E-state index contributed by atoms with van der Waals surface area (Å²) in [5, 5.41) is 17.8. The average Bonchev–Trinajstić information content (AvgIpc) is 3.00. The van der Waals surface area contributed by atoms with Crippen molar-refractivity contribution < 1.29 is 32.6 Å². The van der Waals surface area contributed by atoms with Crippen LogP contribution in [0.1, 0.15) is 21.6 Å². The number of alkyl halides is 3. The zero-order chi connectivity index (χ0) is 18.6. The molecule has 0 fully saturated rings. The molecular weight excluding hydrogens is 345 g/mol. The maximum Gasteiger partial charge on any atom is 0.416 e. The molecule has 134 valence electrons. The second kappa shape index (κ2) is 7.20. The molecule has 0 radical (unpaired) electrons. The number of hydrogen-bond donors (Lipinski definition) is 2. The van der Waals surface area contributed by atoms with Gasteiger partial charge in [0.15, 0.2) is 5.69 Å². The lowest BCUT2D eigenvalue weighted by atomic mass is 10.1. The Kier molecular flexibility index (Phi) is 5.25. The summed E-state index contributed by atoms with van der Waals surface area (Å²) in [5.74, 6) is -1.91. The largest absolute Gasteiger partial charge is 0.497 e. The van der Waals surface area contributed by atoms with Crippen LogP contribution in [0.25, 0.3) is 0 Å². The van der Waals surface area contributed by atoms with E-state index >= 15 is 0 Å². The summed E-state index contributed by atoms with van der Waals surface area (Å²) in [6, 6.07) is 3.41. The van der Waals surface area contributed by atoms with Crippen LogP contribution in [0.15, 0.2) is 24.4 Å². The summed E-state index contributed by atoms with van der Waals surface area (Å²) < 4.78 is 45.0. The van der Waals surface area contributed by atoms with E-state index in [0.29, 0.717) is 0 Å². The van der Waals surface area contributed by atoms with Gasteiger partial charge in [-0.15, -0.1) is 5.10 Å². The van der Waals surface area contributed by atoms with E-state index in [1.165, 1.54) is 19.2 Å². The summed E-state index contributed by atoms with van der Waals surface area (Å²) in [4.78, 5) is 22.5. The molecule has 0 unspecified atom stereocenters. The summed E-state index contributed by atoms with van der Waals surface area (Å²) in [6.45, 7) is -0.740. The number of carboxylic acids is 1. The SMILES string of the molecule is COc1ccc(CNC(=O)Cn2cc(C(=O)O)nn2)c(C(F)(F)F)c1. The van der Waals surface area contributed by atoms with Crippen LogP contribution in [0.4, 0.5) is 13.2 Å². The van der Waals surface area contributed by atoms with E-state index in [4.69, 9.17) is 9.84 Å². The van der Waals surface area contributed by atoms with Gasteiger partial charge in [0, 0.05) is 6.54 Å². The van der Waals surface area contributed by atoms with Crippen LogP contribution in [0.5, 0.6) is 5.75 Å². The van der Waals surface area contributed by atoms with Gasteiger partial charge >= 0.3 is 12.1 Å². The van der Waals surface area contributed by atoms with E-state index in [1.54, 1.807) is 0 Å².